The molecule has 0 bridgehead atoms. The number of carbonyl (C=O) groups is 3. The maximum absolute atomic E-state index is 12.4. The predicted octanol–water partition coefficient (Wildman–Crippen LogP) is 1.89. The topological polar surface area (TPSA) is 86.7 Å². The molecule has 0 aromatic rings. The lowest BCUT2D eigenvalue weighted by atomic mass is 9.94. The molecule has 2 amide bonds. The van der Waals surface area contributed by atoms with Crippen molar-refractivity contribution < 1.29 is 19.5 Å². The lowest BCUT2D eigenvalue weighted by Crippen LogP contribution is -2.50. The van der Waals surface area contributed by atoms with Crippen molar-refractivity contribution in [3.8, 4) is 0 Å². The summed E-state index contributed by atoms with van der Waals surface area (Å²) in [5, 5.41) is 11.9. The lowest BCUT2D eigenvalue weighted by molar-refractivity contribution is -0.144. The van der Waals surface area contributed by atoms with Crippen LogP contribution in [0.15, 0.2) is 0 Å². The van der Waals surface area contributed by atoms with Crippen molar-refractivity contribution in [3.63, 3.8) is 0 Å². The van der Waals surface area contributed by atoms with Gasteiger partial charge in [0.05, 0.1) is 5.92 Å². The number of piperidine rings is 1. The molecule has 2 unspecified atom stereocenters. The van der Waals surface area contributed by atoms with Gasteiger partial charge in [-0.2, -0.15) is 0 Å². The number of likely N-dealkylation sites (tertiary alicyclic amines) is 1. The van der Waals surface area contributed by atoms with Gasteiger partial charge in [0, 0.05) is 19.0 Å². The number of hydrogen-bond donors (Lipinski definition) is 2. The molecule has 0 saturated carbocycles. The number of nitrogens with zero attached hydrogens (tertiary/aromatic N) is 1. The highest BCUT2D eigenvalue weighted by Gasteiger charge is 2.32. The van der Waals surface area contributed by atoms with E-state index in [9.17, 15) is 19.5 Å². The molecular weight excluding hydrogens is 296 g/mol. The Balaban J connectivity index is 2.64. The van der Waals surface area contributed by atoms with Crippen molar-refractivity contribution in [2.75, 3.05) is 13.1 Å². The van der Waals surface area contributed by atoms with E-state index < -0.39 is 12.0 Å². The third-order valence-corrected chi connectivity index (χ3v) is 4.46. The Kier molecular flexibility index (Phi) is 7.52. The van der Waals surface area contributed by atoms with Crippen LogP contribution in [0, 0.1) is 17.8 Å². The van der Waals surface area contributed by atoms with Gasteiger partial charge in [0.25, 0.3) is 0 Å². The molecule has 0 radical (unpaired) electrons. The number of carbonyl (C=O) groups excluding carboxylic acids is 2. The van der Waals surface area contributed by atoms with Crippen LogP contribution in [0.5, 0.6) is 0 Å². The second kappa shape index (κ2) is 8.89. The zero-order valence-electron chi connectivity index (χ0n) is 14.7. The predicted molar refractivity (Wildman–Crippen MR) is 87.8 cm³/mol. The van der Waals surface area contributed by atoms with Gasteiger partial charge in [-0.25, -0.2) is 4.79 Å². The van der Waals surface area contributed by atoms with Crippen molar-refractivity contribution in [2.45, 2.75) is 59.4 Å². The Hall–Kier alpha value is -1.59. The molecule has 6 heteroatoms. The number of rotatable bonds is 7. The molecule has 132 valence electrons. The largest absolute Gasteiger partial charge is 0.480 e. The van der Waals surface area contributed by atoms with E-state index in [1.165, 1.54) is 0 Å². The molecule has 1 aliphatic heterocycles. The minimum atomic E-state index is -1.00. The molecule has 3 atom stereocenters. The molecule has 0 spiro atoms. The standard InChI is InChI=1S/C17H30N2O4/c1-5-12(4)16(21)19-8-6-7-13(10-19)15(20)18-14(17(22)23)9-11(2)3/h11-14H,5-10H2,1-4H3,(H,18,20)(H,22,23)/t12?,13?,14-/m1/s1. The van der Waals surface area contributed by atoms with E-state index in [4.69, 9.17) is 0 Å². The van der Waals surface area contributed by atoms with Crippen LogP contribution < -0.4 is 5.32 Å². The number of amides is 2. The average molecular weight is 326 g/mol. The number of carboxylic acids is 1. The van der Waals surface area contributed by atoms with Crippen LogP contribution in [0.2, 0.25) is 0 Å². The van der Waals surface area contributed by atoms with Crippen molar-refractivity contribution in [2.24, 2.45) is 17.8 Å². The van der Waals surface area contributed by atoms with E-state index >= 15 is 0 Å². The van der Waals surface area contributed by atoms with Crippen LogP contribution >= 0.6 is 0 Å². The van der Waals surface area contributed by atoms with Crippen LogP contribution in [-0.4, -0.2) is 46.9 Å². The first-order chi connectivity index (χ1) is 10.8. The maximum Gasteiger partial charge on any atom is 0.326 e. The van der Waals surface area contributed by atoms with Crippen LogP contribution in [0.4, 0.5) is 0 Å². The molecule has 1 rings (SSSR count). The summed E-state index contributed by atoms with van der Waals surface area (Å²) in [6.45, 7) is 8.80. The molecule has 6 nitrogen and oxygen atoms in total. The fourth-order valence-corrected chi connectivity index (χ4v) is 2.86. The summed E-state index contributed by atoms with van der Waals surface area (Å²) < 4.78 is 0. The molecule has 1 saturated heterocycles. The van der Waals surface area contributed by atoms with Crippen molar-refractivity contribution in [1.82, 2.24) is 10.2 Å². The monoisotopic (exact) mass is 326 g/mol. The van der Waals surface area contributed by atoms with Gasteiger partial charge in [-0.1, -0.05) is 27.7 Å². The molecule has 2 N–H and O–H groups in total. The fraction of sp³-hybridized carbons (Fsp3) is 0.824. The SMILES string of the molecule is CCC(C)C(=O)N1CCCC(C(=O)N[C@H](CC(C)C)C(=O)O)C1. The minimum absolute atomic E-state index is 0.0375. The summed E-state index contributed by atoms with van der Waals surface area (Å²) in [7, 11) is 0. The van der Waals surface area contributed by atoms with Gasteiger partial charge in [-0.3, -0.25) is 9.59 Å². The lowest BCUT2D eigenvalue weighted by Gasteiger charge is -2.34. The van der Waals surface area contributed by atoms with E-state index in [1.54, 1.807) is 4.90 Å². The Bertz CT molecular complexity index is 436. The van der Waals surface area contributed by atoms with Gasteiger partial charge in [-0.05, 0) is 31.6 Å². The summed E-state index contributed by atoms with van der Waals surface area (Å²) in [6, 6.07) is -0.858. The normalized spacial score (nSPS) is 20.9. The molecule has 1 aliphatic rings. The Morgan fingerprint density at radius 2 is 1.91 bits per heavy atom. The van der Waals surface area contributed by atoms with Gasteiger partial charge in [0.2, 0.25) is 11.8 Å². The maximum atomic E-state index is 12.4. The molecule has 0 aliphatic carbocycles. The highest BCUT2D eigenvalue weighted by molar-refractivity contribution is 5.86. The molecule has 23 heavy (non-hydrogen) atoms. The smallest absolute Gasteiger partial charge is 0.326 e. The molecule has 1 fully saturated rings. The van der Waals surface area contributed by atoms with E-state index in [0.717, 1.165) is 12.8 Å². The van der Waals surface area contributed by atoms with Crippen LogP contribution in [0.25, 0.3) is 0 Å². The first kappa shape index (κ1) is 19.5. The number of aliphatic carboxylic acids is 1. The minimum Gasteiger partial charge on any atom is -0.480 e. The van der Waals surface area contributed by atoms with E-state index in [1.807, 2.05) is 27.7 Å². The highest BCUT2D eigenvalue weighted by atomic mass is 16.4. The van der Waals surface area contributed by atoms with Crippen molar-refractivity contribution in [1.29, 1.82) is 0 Å². The number of nitrogens with one attached hydrogen (secondary N) is 1. The molecule has 1 heterocycles. The Morgan fingerprint density at radius 1 is 1.26 bits per heavy atom. The Labute approximate surface area is 138 Å². The summed E-state index contributed by atoms with van der Waals surface area (Å²) in [4.78, 5) is 37.7. The number of hydrogen-bond acceptors (Lipinski definition) is 3. The average Bonchev–Trinajstić information content (AvgIpc) is 2.52. The summed E-state index contributed by atoms with van der Waals surface area (Å²) in [5.41, 5.74) is 0. The third-order valence-electron chi connectivity index (χ3n) is 4.46. The van der Waals surface area contributed by atoms with Crippen molar-refractivity contribution in [3.05, 3.63) is 0 Å². The fourth-order valence-electron chi connectivity index (χ4n) is 2.86. The first-order valence-corrected chi connectivity index (χ1v) is 8.58. The zero-order valence-corrected chi connectivity index (χ0v) is 14.7. The van der Waals surface area contributed by atoms with Gasteiger partial charge in [0.1, 0.15) is 6.04 Å². The summed E-state index contributed by atoms with van der Waals surface area (Å²) in [5.74, 6) is -1.33. The summed E-state index contributed by atoms with van der Waals surface area (Å²) in [6.07, 6.45) is 2.66. The van der Waals surface area contributed by atoms with Gasteiger partial charge in [0.15, 0.2) is 0 Å². The quantitative estimate of drug-likeness (QED) is 0.748. The van der Waals surface area contributed by atoms with E-state index in [0.29, 0.717) is 25.9 Å². The molecule has 0 aromatic heterocycles. The van der Waals surface area contributed by atoms with Gasteiger partial charge in [-0.15, -0.1) is 0 Å². The number of carboxylic acid groups (broad SMARTS) is 1. The van der Waals surface area contributed by atoms with Crippen molar-refractivity contribution >= 4 is 17.8 Å². The second-order valence-electron chi connectivity index (χ2n) is 6.96. The molecular formula is C17H30N2O4. The van der Waals surface area contributed by atoms with E-state index in [2.05, 4.69) is 5.32 Å². The molecule has 0 aromatic carbocycles. The van der Waals surface area contributed by atoms with Gasteiger partial charge < -0.3 is 15.3 Å². The first-order valence-electron chi connectivity index (χ1n) is 8.58. The van der Waals surface area contributed by atoms with E-state index in [-0.39, 0.29) is 29.6 Å². The third kappa shape index (κ3) is 5.84. The van der Waals surface area contributed by atoms with Crippen LogP contribution in [-0.2, 0) is 14.4 Å². The highest BCUT2D eigenvalue weighted by Crippen LogP contribution is 2.20. The van der Waals surface area contributed by atoms with Gasteiger partial charge >= 0.3 is 5.97 Å². The Morgan fingerprint density at radius 3 is 2.43 bits per heavy atom. The summed E-state index contributed by atoms with van der Waals surface area (Å²) >= 11 is 0. The van der Waals surface area contributed by atoms with Crippen LogP contribution in [0.1, 0.15) is 53.4 Å². The second-order valence-corrected chi connectivity index (χ2v) is 6.96. The van der Waals surface area contributed by atoms with Crippen LogP contribution in [0.3, 0.4) is 0 Å². The zero-order chi connectivity index (χ0) is 17.6.